The van der Waals surface area contributed by atoms with Crippen molar-refractivity contribution < 1.29 is 4.79 Å². The van der Waals surface area contributed by atoms with Crippen LogP contribution in [0.4, 0.5) is 0 Å². The molecular formula is C13H9BrClNO. The standard InChI is InChI=1S/C13H9BrClNO/c14-12(9-5-7-16-8-6-9)13(17)10-1-3-11(15)4-2-10/h1-8,12H. The molecule has 0 amide bonds. The van der Waals surface area contributed by atoms with Crippen LogP contribution in [0.5, 0.6) is 0 Å². The maximum absolute atomic E-state index is 12.1. The Morgan fingerprint density at radius 2 is 1.71 bits per heavy atom. The van der Waals surface area contributed by atoms with E-state index < -0.39 is 0 Å². The second kappa shape index (κ2) is 5.43. The van der Waals surface area contributed by atoms with E-state index in [1.165, 1.54) is 0 Å². The molecule has 0 aliphatic heterocycles. The normalized spacial score (nSPS) is 12.1. The van der Waals surface area contributed by atoms with Gasteiger partial charge in [-0.05, 0) is 42.0 Å². The maximum Gasteiger partial charge on any atom is 0.180 e. The molecule has 1 aromatic carbocycles. The molecule has 0 fully saturated rings. The molecule has 0 saturated heterocycles. The van der Waals surface area contributed by atoms with E-state index >= 15 is 0 Å². The van der Waals surface area contributed by atoms with Crippen molar-refractivity contribution in [2.24, 2.45) is 0 Å². The van der Waals surface area contributed by atoms with Gasteiger partial charge in [-0.3, -0.25) is 9.78 Å². The van der Waals surface area contributed by atoms with Crippen molar-refractivity contribution in [2.45, 2.75) is 4.83 Å². The fourth-order valence-corrected chi connectivity index (χ4v) is 2.14. The van der Waals surface area contributed by atoms with Gasteiger partial charge >= 0.3 is 0 Å². The number of hydrogen-bond acceptors (Lipinski definition) is 2. The number of carbonyl (C=O) groups excluding carboxylic acids is 1. The Balaban J connectivity index is 2.23. The lowest BCUT2D eigenvalue weighted by molar-refractivity contribution is 0.0991. The van der Waals surface area contributed by atoms with Crippen LogP contribution in [0.3, 0.4) is 0 Å². The molecule has 0 radical (unpaired) electrons. The first-order valence-electron chi connectivity index (χ1n) is 5.02. The van der Waals surface area contributed by atoms with Crippen LogP contribution in [0.15, 0.2) is 48.8 Å². The van der Waals surface area contributed by atoms with E-state index in [9.17, 15) is 4.79 Å². The van der Waals surface area contributed by atoms with E-state index in [2.05, 4.69) is 20.9 Å². The van der Waals surface area contributed by atoms with Crippen LogP contribution in [0.2, 0.25) is 5.02 Å². The summed E-state index contributed by atoms with van der Waals surface area (Å²) in [7, 11) is 0. The van der Waals surface area contributed by atoms with Crippen LogP contribution in [-0.4, -0.2) is 10.8 Å². The Bertz CT molecular complexity index is 513. The minimum absolute atomic E-state index is 0.00728. The van der Waals surface area contributed by atoms with Crippen LogP contribution in [0.25, 0.3) is 0 Å². The number of benzene rings is 1. The molecule has 2 rings (SSSR count). The Morgan fingerprint density at radius 1 is 1.12 bits per heavy atom. The molecule has 1 unspecified atom stereocenters. The van der Waals surface area contributed by atoms with Gasteiger partial charge in [0.2, 0.25) is 0 Å². The SMILES string of the molecule is O=C(c1ccc(Cl)cc1)C(Br)c1ccncc1. The van der Waals surface area contributed by atoms with Crippen LogP contribution in [-0.2, 0) is 0 Å². The van der Waals surface area contributed by atoms with Gasteiger partial charge in [-0.2, -0.15) is 0 Å². The highest BCUT2D eigenvalue weighted by molar-refractivity contribution is 9.09. The fraction of sp³-hybridized carbons (Fsp3) is 0.0769. The summed E-state index contributed by atoms with van der Waals surface area (Å²) in [5, 5.41) is 0.622. The van der Waals surface area contributed by atoms with E-state index in [-0.39, 0.29) is 10.6 Å². The topological polar surface area (TPSA) is 30.0 Å². The van der Waals surface area contributed by atoms with Crippen LogP contribution in [0, 0.1) is 0 Å². The molecule has 0 bridgehead atoms. The molecule has 86 valence electrons. The number of ketones is 1. The van der Waals surface area contributed by atoms with E-state index in [1.54, 1.807) is 36.7 Å². The van der Waals surface area contributed by atoms with Gasteiger partial charge in [0.25, 0.3) is 0 Å². The number of hydrogen-bond donors (Lipinski definition) is 0. The second-order valence-electron chi connectivity index (χ2n) is 3.51. The quantitative estimate of drug-likeness (QED) is 0.632. The fourth-order valence-electron chi connectivity index (χ4n) is 1.44. The average molecular weight is 311 g/mol. The summed E-state index contributed by atoms with van der Waals surface area (Å²) in [5.74, 6) is 0.00728. The molecule has 1 heterocycles. The first kappa shape index (κ1) is 12.3. The predicted octanol–water partition coefficient (Wildman–Crippen LogP) is 4.05. The molecule has 4 heteroatoms. The Kier molecular flexibility index (Phi) is 3.92. The smallest absolute Gasteiger partial charge is 0.180 e. The van der Waals surface area contributed by atoms with Crippen molar-refractivity contribution in [2.75, 3.05) is 0 Å². The summed E-state index contributed by atoms with van der Waals surface area (Å²) in [5.41, 5.74) is 1.52. The van der Waals surface area contributed by atoms with Gasteiger partial charge in [-0.15, -0.1) is 0 Å². The van der Waals surface area contributed by atoms with Gasteiger partial charge < -0.3 is 0 Å². The summed E-state index contributed by atoms with van der Waals surface area (Å²) in [6.07, 6.45) is 3.33. The van der Waals surface area contributed by atoms with Gasteiger partial charge in [0, 0.05) is 23.0 Å². The van der Waals surface area contributed by atoms with Crippen molar-refractivity contribution >= 4 is 33.3 Å². The summed E-state index contributed by atoms with van der Waals surface area (Å²) < 4.78 is 0. The molecule has 0 aliphatic carbocycles. The molecule has 0 aliphatic rings. The number of nitrogens with zero attached hydrogens (tertiary/aromatic N) is 1. The first-order valence-corrected chi connectivity index (χ1v) is 6.31. The van der Waals surface area contributed by atoms with E-state index in [0.29, 0.717) is 10.6 Å². The third kappa shape index (κ3) is 2.93. The van der Waals surface area contributed by atoms with Gasteiger partial charge in [0.15, 0.2) is 5.78 Å². The number of aromatic nitrogens is 1. The zero-order chi connectivity index (χ0) is 12.3. The van der Waals surface area contributed by atoms with Gasteiger partial charge in [-0.1, -0.05) is 27.5 Å². The van der Waals surface area contributed by atoms with E-state index in [0.717, 1.165) is 5.56 Å². The molecular weight excluding hydrogens is 302 g/mol. The number of pyridine rings is 1. The third-order valence-corrected chi connectivity index (χ3v) is 3.55. The lowest BCUT2D eigenvalue weighted by Crippen LogP contribution is -2.06. The zero-order valence-electron chi connectivity index (χ0n) is 8.81. The zero-order valence-corrected chi connectivity index (χ0v) is 11.1. The molecule has 2 nitrogen and oxygen atoms in total. The number of carbonyl (C=O) groups is 1. The largest absolute Gasteiger partial charge is 0.293 e. The molecule has 0 saturated carbocycles. The molecule has 1 aromatic heterocycles. The lowest BCUT2D eigenvalue weighted by atomic mass is 10.0. The average Bonchev–Trinajstić information content (AvgIpc) is 2.39. The Morgan fingerprint density at radius 3 is 2.29 bits per heavy atom. The van der Waals surface area contributed by atoms with Gasteiger partial charge in [0.05, 0.1) is 0 Å². The summed E-state index contributed by atoms with van der Waals surface area (Å²) in [6.45, 7) is 0. The highest BCUT2D eigenvalue weighted by Crippen LogP contribution is 2.26. The highest BCUT2D eigenvalue weighted by Gasteiger charge is 2.18. The molecule has 0 N–H and O–H groups in total. The summed E-state index contributed by atoms with van der Waals surface area (Å²) >= 11 is 9.18. The van der Waals surface area contributed by atoms with Crippen molar-refractivity contribution in [3.63, 3.8) is 0 Å². The predicted molar refractivity (Wildman–Crippen MR) is 71.7 cm³/mol. The number of rotatable bonds is 3. The number of alkyl halides is 1. The van der Waals surface area contributed by atoms with Gasteiger partial charge in [-0.25, -0.2) is 0 Å². The van der Waals surface area contributed by atoms with Crippen molar-refractivity contribution in [1.29, 1.82) is 0 Å². The second-order valence-corrected chi connectivity index (χ2v) is 4.87. The van der Waals surface area contributed by atoms with Gasteiger partial charge in [0.1, 0.15) is 4.83 Å². The number of halogens is 2. The van der Waals surface area contributed by atoms with Crippen molar-refractivity contribution in [1.82, 2.24) is 4.98 Å². The van der Waals surface area contributed by atoms with Crippen molar-refractivity contribution in [3.8, 4) is 0 Å². The third-order valence-electron chi connectivity index (χ3n) is 2.36. The Hall–Kier alpha value is -1.19. The van der Waals surface area contributed by atoms with Crippen LogP contribution >= 0.6 is 27.5 Å². The monoisotopic (exact) mass is 309 g/mol. The van der Waals surface area contributed by atoms with Crippen molar-refractivity contribution in [3.05, 3.63) is 64.9 Å². The minimum Gasteiger partial charge on any atom is -0.293 e. The minimum atomic E-state index is -0.355. The first-order chi connectivity index (χ1) is 8.18. The molecule has 17 heavy (non-hydrogen) atoms. The summed E-state index contributed by atoms with van der Waals surface area (Å²) in [6, 6.07) is 10.5. The van der Waals surface area contributed by atoms with Crippen LogP contribution in [0.1, 0.15) is 20.7 Å². The highest BCUT2D eigenvalue weighted by atomic mass is 79.9. The van der Waals surface area contributed by atoms with E-state index in [4.69, 9.17) is 11.6 Å². The summed E-state index contributed by atoms with van der Waals surface area (Å²) in [4.78, 5) is 15.7. The number of Topliss-reactive ketones (excluding diaryl/α,β-unsaturated/α-hetero) is 1. The molecule has 2 aromatic rings. The Labute approximate surface area is 113 Å². The van der Waals surface area contributed by atoms with Crippen LogP contribution < -0.4 is 0 Å². The molecule has 1 atom stereocenters. The maximum atomic E-state index is 12.1. The van der Waals surface area contributed by atoms with E-state index in [1.807, 2.05) is 12.1 Å². The lowest BCUT2D eigenvalue weighted by Gasteiger charge is -2.08. The molecule has 0 spiro atoms.